The Morgan fingerprint density at radius 3 is 2.44 bits per heavy atom. The molecule has 0 saturated carbocycles. The summed E-state index contributed by atoms with van der Waals surface area (Å²) >= 11 is 12.0. The number of nitrogens with two attached hydrogens (primary N) is 1. The Morgan fingerprint density at radius 1 is 1.06 bits per heavy atom. The van der Waals surface area contributed by atoms with Gasteiger partial charge in [-0.25, -0.2) is 0 Å². The second kappa shape index (κ2) is 5.61. The van der Waals surface area contributed by atoms with Gasteiger partial charge in [-0.3, -0.25) is 0 Å². The molecule has 0 saturated heterocycles. The van der Waals surface area contributed by atoms with E-state index in [1.54, 1.807) is 13.2 Å². The average Bonchev–Trinajstić information content (AvgIpc) is 2.41. The quantitative estimate of drug-likeness (QED) is 0.918. The molecule has 2 aromatic carbocycles. The number of rotatable bonds is 3. The Kier molecular flexibility index (Phi) is 4.12. The van der Waals surface area contributed by atoms with Crippen LogP contribution in [0.3, 0.4) is 0 Å². The van der Waals surface area contributed by atoms with Crippen LogP contribution >= 0.6 is 23.2 Å². The Bertz CT molecular complexity index is 570. The van der Waals surface area contributed by atoms with Crippen LogP contribution in [0, 0.1) is 0 Å². The van der Waals surface area contributed by atoms with E-state index in [9.17, 15) is 0 Å². The van der Waals surface area contributed by atoms with Crippen molar-refractivity contribution in [3.8, 4) is 16.9 Å². The van der Waals surface area contributed by atoms with Crippen molar-refractivity contribution in [3.63, 3.8) is 0 Å². The minimum absolute atomic E-state index is 0.458. The third-order valence-corrected chi connectivity index (χ3v) is 3.51. The third-order valence-electron chi connectivity index (χ3n) is 2.77. The van der Waals surface area contributed by atoms with E-state index in [1.807, 2.05) is 30.3 Å². The van der Waals surface area contributed by atoms with Crippen LogP contribution in [-0.2, 0) is 6.54 Å². The van der Waals surface area contributed by atoms with Gasteiger partial charge < -0.3 is 10.5 Å². The minimum atomic E-state index is 0.458. The van der Waals surface area contributed by atoms with Gasteiger partial charge in [0.15, 0.2) is 0 Å². The van der Waals surface area contributed by atoms with Crippen molar-refractivity contribution < 1.29 is 4.74 Å². The zero-order valence-electron chi connectivity index (χ0n) is 9.91. The summed E-state index contributed by atoms with van der Waals surface area (Å²) in [7, 11) is 1.63. The van der Waals surface area contributed by atoms with Gasteiger partial charge in [-0.05, 0) is 41.0 Å². The van der Waals surface area contributed by atoms with Crippen LogP contribution in [0.1, 0.15) is 5.56 Å². The summed E-state index contributed by atoms with van der Waals surface area (Å²) in [6.07, 6.45) is 0. The zero-order chi connectivity index (χ0) is 13.1. The highest BCUT2D eigenvalue weighted by Crippen LogP contribution is 2.32. The molecular weight excluding hydrogens is 269 g/mol. The van der Waals surface area contributed by atoms with Crippen molar-refractivity contribution in [2.24, 2.45) is 5.73 Å². The highest BCUT2D eigenvalue weighted by molar-refractivity contribution is 6.42. The number of benzene rings is 2. The van der Waals surface area contributed by atoms with Crippen LogP contribution < -0.4 is 10.5 Å². The minimum Gasteiger partial charge on any atom is -0.497 e. The number of methoxy groups -OCH3 is 1. The molecule has 0 aromatic heterocycles. The summed E-state index contributed by atoms with van der Waals surface area (Å²) in [4.78, 5) is 0. The maximum absolute atomic E-state index is 6.04. The van der Waals surface area contributed by atoms with Crippen LogP contribution in [0.15, 0.2) is 36.4 Å². The molecule has 0 radical (unpaired) electrons. The van der Waals surface area contributed by atoms with Crippen LogP contribution in [-0.4, -0.2) is 7.11 Å². The van der Waals surface area contributed by atoms with E-state index in [0.29, 0.717) is 16.6 Å². The van der Waals surface area contributed by atoms with Crippen LogP contribution in [0.2, 0.25) is 10.0 Å². The van der Waals surface area contributed by atoms with Crippen LogP contribution in [0.25, 0.3) is 11.1 Å². The maximum Gasteiger partial charge on any atom is 0.119 e. The molecule has 0 aliphatic heterocycles. The van der Waals surface area contributed by atoms with Crippen molar-refractivity contribution in [1.29, 1.82) is 0 Å². The van der Waals surface area contributed by atoms with Gasteiger partial charge in [0.25, 0.3) is 0 Å². The topological polar surface area (TPSA) is 35.2 Å². The number of halogens is 2. The SMILES string of the molecule is COc1ccc(CN)c(-c2ccc(Cl)c(Cl)c2)c1. The smallest absolute Gasteiger partial charge is 0.119 e. The third kappa shape index (κ3) is 2.61. The van der Waals surface area contributed by atoms with E-state index in [4.69, 9.17) is 33.7 Å². The maximum atomic E-state index is 6.04. The zero-order valence-corrected chi connectivity index (χ0v) is 11.4. The van der Waals surface area contributed by atoms with Crippen molar-refractivity contribution in [2.75, 3.05) is 7.11 Å². The monoisotopic (exact) mass is 281 g/mol. The molecule has 0 unspecified atom stereocenters. The van der Waals surface area contributed by atoms with Gasteiger partial charge in [0.2, 0.25) is 0 Å². The largest absolute Gasteiger partial charge is 0.497 e. The van der Waals surface area contributed by atoms with Crippen molar-refractivity contribution >= 4 is 23.2 Å². The molecule has 2 nitrogen and oxygen atoms in total. The molecule has 2 aromatic rings. The normalized spacial score (nSPS) is 10.4. The van der Waals surface area contributed by atoms with E-state index in [-0.39, 0.29) is 0 Å². The molecule has 0 bridgehead atoms. The fourth-order valence-corrected chi connectivity index (χ4v) is 2.09. The highest BCUT2D eigenvalue weighted by atomic mass is 35.5. The lowest BCUT2D eigenvalue weighted by Crippen LogP contribution is -1.99. The standard InChI is InChI=1S/C14H13Cl2NO/c1-18-11-4-2-10(8-17)12(7-11)9-3-5-13(15)14(16)6-9/h2-7H,8,17H2,1H3. The molecule has 0 fully saturated rings. The Labute approximate surface area is 116 Å². The Hall–Kier alpha value is -1.22. The molecule has 2 N–H and O–H groups in total. The molecule has 0 spiro atoms. The Morgan fingerprint density at radius 2 is 1.83 bits per heavy atom. The van der Waals surface area contributed by atoms with Crippen molar-refractivity contribution in [3.05, 3.63) is 52.0 Å². The lowest BCUT2D eigenvalue weighted by molar-refractivity contribution is 0.415. The molecule has 0 amide bonds. The predicted octanol–water partition coefficient (Wildman–Crippen LogP) is 4.13. The first-order valence-electron chi connectivity index (χ1n) is 5.48. The molecule has 4 heteroatoms. The fourth-order valence-electron chi connectivity index (χ4n) is 1.79. The van der Waals surface area contributed by atoms with E-state index < -0.39 is 0 Å². The molecule has 0 aliphatic rings. The van der Waals surface area contributed by atoms with Crippen molar-refractivity contribution in [2.45, 2.75) is 6.54 Å². The first-order chi connectivity index (χ1) is 8.65. The summed E-state index contributed by atoms with van der Waals surface area (Å²) in [5.41, 5.74) is 8.77. The Balaban J connectivity index is 2.57. The second-order valence-electron chi connectivity index (χ2n) is 3.86. The molecule has 0 heterocycles. The first-order valence-corrected chi connectivity index (χ1v) is 6.23. The number of ether oxygens (including phenoxy) is 1. The predicted molar refractivity (Wildman–Crippen MR) is 76.3 cm³/mol. The van der Waals surface area contributed by atoms with Gasteiger partial charge in [0.1, 0.15) is 5.75 Å². The van der Waals surface area contributed by atoms with Gasteiger partial charge in [-0.1, -0.05) is 35.3 Å². The summed E-state index contributed by atoms with van der Waals surface area (Å²) in [6, 6.07) is 11.3. The van der Waals surface area contributed by atoms with Crippen LogP contribution in [0.5, 0.6) is 5.75 Å². The molecule has 0 atom stereocenters. The summed E-state index contributed by atoms with van der Waals surface area (Å²) in [6.45, 7) is 0.458. The van der Waals surface area contributed by atoms with Gasteiger partial charge >= 0.3 is 0 Å². The summed E-state index contributed by atoms with van der Waals surface area (Å²) < 4.78 is 5.23. The lowest BCUT2D eigenvalue weighted by atomic mass is 9.99. The highest BCUT2D eigenvalue weighted by Gasteiger charge is 2.08. The molecule has 18 heavy (non-hydrogen) atoms. The van der Waals surface area contributed by atoms with Gasteiger partial charge in [-0.15, -0.1) is 0 Å². The number of hydrogen-bond donors (Lipinski definition) is 1. The van der Waals surface area contributed by atoms with E-state index >= 15 is 0 Å². The van der Waals surface area contributed by atoms with E-state index in [0.717, 1.165) is 22.4 Å². The van der Waals surface area contributed by atoms with Crippen LogP contribution in [0.4, 0.5) is 0 Å². The van der Waals surface area contributed by atoms with Gasteiger partial charge in [0.05, 0.1) is 17.2 Å². The summed E-state index contributed by atoms with van der Waals surface area (Å²) in [5.74, 6) is 0.785. The first kappa shape index (κ1) is 13.2. The molecule has 94 valence electrons. The average molecular weight is 282 g/mol. The van der Waals surface area contributed by atoms with Crippen molar-refractivity contribution in [1.82, 2.24) is 0 Å². The van der Waals surface area contributed by atoms with Gasteiger partial charge in [-0.2, -0.15) is 0 Å². The second-order valence-corrected chi connectivity index (χ2v) is 4.67. The molecule has 2 rings (SSSR count). The number of hydrogen-bond acceptors (Lipinski definition) is 2. The van der Waals surface area contributed by atoms with Gasteiger partial charge in [0, 0.05) is 6.54 Å². The van der Waals surface area contributed by atoms with E-state index in [1.165, 1.54) is 0 Å². The molecule has 0 aliphatic carbocycles. The van der Waals surface area contributed by atoms with E-state index in [2.05, 4.69) is 0 Å². The molecular formula is C14H13Cl2NO. The summed E-state index contributed by atoms with van der Waals surface area (Å²) in [5, 5.41) is 1.07. The fraction of sp³-hybridized carbons (Fsp3) is 0.143. The lowest BCUT2D eigenvalue weighted by Gasteiger charge is -2.11.